The minimum absolute atomic E-state index is 0.355. The molecule has 0 amide bonds. The first-order chi connectivity index (χ1) is 7.55. The first-order valence-electron chi connectivity index (χ1n) is 4.30. The monoisotopic (exact) mass is 245 g/mol. The van der Waals surface area contributed by atoms with E-state index in [0.29, 0.717) is 11.5 Å². The van der Waals surface area contributed by atoms with Gasteiger partial charge in [0.2, 0.25) is 0 Å². The molecule has 0 unspecified atom stereocenters. The maximum atomic E-state index is 12.2. The summed E-state index contributed by atoms with van der Waals surface area (Å²) in [5.74, 6) is 0.873. The number of aromatic nitrogens is 1. The molecule has 0 saturated heterocycles. The molecule has 1 aromatic heterocycles. The van der Waals surface area contributed by atoms with Gasteiger partial charge in [0.25, 0.3) is 0 Å². The Morgan fingerprint density at radius 1 is 1.06 bits per heavy atom. The third-order valence-corrected chi connectivity index (χ3v) is 2.39. The molecular weight excluding hydrogens is 239 g/mol. The number of rotatable bonds is 2. The fourth-order valence-corrected chi connectivity index (χ4v) is 1.53. The van der Waals surface area contributed by atoms with Gasteiger partial charge < -0.3 is 4.74 Å². The zero-order valence-electron chi connectivity index (χ0n) is 7.86. The van der Waals surface area contributed by atoms with Crippen LogP contribution in [0.5, 0.6) is 11.5 Å². The summed E-state index contributed by atoms with van der Waals surface area (Å²) in [5, 5.41) is 1.66. The zero-order chi connectivity index (χ0) is 11.6. The van der Waals surface area contributed by atoms with E-state index in [2.05, 4.69) is 4.37 Å². The third-order valence-electron chi connectivity index (χ3n) is 1.83. The van der Waals surface area contributed by atoms with Gasteiger partial charge in [-0.15, -0.1) is 0 Å². The van der Waals surface area contributed by atoms with Crippen molar-refractivity contribution in [3.8, 4) is 11.5 Å². The van der Waals surface area contributed by atoms with Gasteiger partial charge in [-0.2, -0.15) is 17.5 Å². The van der Waals surface area contributed by atoms with Gasteiger partial charge in [0.15, 0.2) is 5.75 Å². The van der Waals surface area contributed by atoms with Crippen LogP contribution in [0.25, 0.3) is 0 Å². The van der Waals surface area contributed by atoms with Gasteiger partial charge >= 0.3 is 6.18 Å². The topological polar surface area (TPSA) is 22.1 Å². The van der Waals surface area contributed by atoms with Crippen molar-refractivity contribution in [3.63, 3.8) is 0 Å². The average Bonchev–Trinajstić information content (AvgIpc) is 2.70. The van der Waals surface area contributed by atoms with Crippen LogP contribution in [0, 0.1) is 0 Å². The molecule has 0 aliphatic heterocycles. The smallest absolute Gasteiger partial charge is 0.416 e. The molecule has 2 aromatic rings. The Kier molecular flexibility index (Phi) is 2.82. The molecule has 0 fully saturated rings. The molecule has 0 N–H and O–H groups in total. The summed E-state index contributed by atoms with van der Waals surface area (Å²) < 4.78 is 45.8. The van der Waals surface area contributed by atoms with Crippen LogP contribution in [0.1, 0.15) is 5.56 Å². The lowest BCUT2D eigenvalue weighted by Gasteiger charge is -2.07. The number of ether oxygens (including phenoxy) is 1. The molecule has 0 atom stereocenters. The van der Waals surface area contributed by atoms with Crippen LogP contribution in [-0.4, -0.2) is 4.37 Å². The van der Waals surface area contributed by atoms with E-state index in [4.69, 9.17) is 4.74 Å². The van der Waals surface area contributed by atoms with Crippen molar-refractivity contribution < 1.29 is 17.9 Å². The fourth-order valence-electron chi connectivity index (χ4n) is 1.09. The third kappa shape index (κ3) is 2.52. The molecule has 1 heterocycles. The summed E-state index contributed by atoms with van der Waals surface area (Å²) in [6, 6.07) is 4.52. The van der Waals surface area contributed by atoms with Gasteiger partial charge in [-0.3, -0.25) is 0 Å². The van der Waals surface area contributed by atoms with Gasteiger partial charge in [0, 0.05) is 0 Å². The molecule has 0 radical (unpaired) electrons. The molecule has 0 bridgehead atoms. The second kappa shape index (κ2) is 4.13. The van der Waals surface area contributed by atoms with Crippen molar-refractivity contribution in [1.82, 2.24) is 4.37 Å². The first kappa shape index (κ1) is 10.9. The Morgan fingerprint density at radius 3 is 2.25 bits per heavy atom. The predicted octanol–water partition coefficient (Wildman–Crippen LogP) is 3.95. The highest BCUT2D eigenvalue weighted by atomic mass is 32.1. The summed E-state index contributed by atoms with van der Waals surface area (Å²) in [4.78, 5) is 0. The van der Waals surface area contributed by atoms with Crippen molar-refractivity contribution in [1.29, 1.82) is 0 Å². The Bertz CT molecular complexity index is 450. The average molecular weight is 245 g/mol. The Balaban J connectivity index is 2.14. The lowest BCUT2D eigenvalue weighted by atomic mass is 10.2. The number of benzene rings is 1. The summed E-state index contributed by atoms with van der Waals surface area (Å²) in [7, 11) is 0. The van der Waals surface area contributed by atoms with Gasteiger partial charge in [-0.25, -0.2) is 0 Å². The van der Waals surface area contributed by atoms with Crippen LogP contribution in [0.15, 0.2) is 35.8 Å². The molecular formula is C10H6F3NOS. The van der Waals surface area contributed by atoms with Crippen LogP contribution in [0.3, 0.4) is 0 Å². The summed E-state index contributed by atoms with van der Waals surface area (Å²) in [6.45, 7) is 0. The molecule has 2 nitrogen and oxygen atoms in total. The normalized spacial score (nSPS) is 11.4. The Labute approximate surface area is 93.5 Å². The van der Waals surface area contributed by atoms with Crippen molar-refractivity contribution in [3.05, 3.63) is 41.4 Å². The minimum atomic E-state index is -4.32. The standard InChI is InChI=1S/C10H6F3NOS/c11-10(12,13)7-1-3-8(4-2-7)15-9-5-14-16-6-9/h1-6H. The largest absolute Gasteiger partial charge is 0.455 e. The highest BCUT2D eigenvalue weighted by Crippen LogP contribution is 2.31. The maximum absolute atomic E-state index is 12.2. The number of hydrogen-bond acceptors (Lipinski definition) is 3. The van der Waals surface area contributed by atoms with Crippen LogP contribution in [0.4, 0.5) is 13.2 Å². The minimum Gasteiger partial charge on any atom is -0.455 e. The molecule has 2 rings (SSSR count). The van der Waals surface area contributed by atoms with E-state index in [0.717, 1.165) is 12.1 Å². The molecule has 0 aliphatic rings. The molecule has 0 saturated carbocycles. The number of nitrogens with zero attached hydrogens (tertiary/aromatic N) is 1. The van der Waals surface area contributed by atoms with Crippen molar-refractivity contribution in [2.24, 2.45) is 0 Å². The number of hydrogen-bond donors (Lipinski definition) is 0. The molecule has 0 aliphatic carbocycles. The van der Waals surface area contributed by atoms with Gasteiger partial charge in [-0.05, 0) is 35.8 Å². The maximum Gasteiger partial charge on any atom is 0.416 e. The molecule has 1 aromatic carbocycles. The number of alkyl halides is 3. The van der Waals surface area contributed by atoms with E-state index in [1.807, 2.05) is 0 Å². The number of halogens is 3. The quantitative estimate of drug-likeness (QED) is 0.799. The Hall–Kier alpha value is -1.56. The highest BCUT2D eigenvalue weighted by molar-refractivity contribution is 7.03. The second-order valence-electron chi connectivity index (χ2n) is 2.98. The predicted molar refractivity (Wildman–Crippen MR) is 53.6 cm³/mol. The molecule has 16 heavy (non-hydrogen) atoms. The molecule has 0 spiro atoms. The van der Waals surface area contributed by atoms with Gasteiger partial charge in [-0.1, -0.05) is 0 Å². The van der Waals surface area contributed by atoms with E-state index in [1.165, 1.54) is 29.9 Å². The van der Waals surface area contributed by atoms with E-state index < -0.39 is 11.7 Å². The first-order valence-corrected chi connectivity index (χ1v) is 5.14. The fraction of sp³-hybridized carbons (Fsp3) is 0.100. The van der Waals surface area contributed by atoms with Gasteiger partial charge in [0.1, 0.15) is 5.75 Å². The van der Waals surface area contributed by atoms with Crippen LogP contribution >= 0.6 is 11.5 Å². The van der Waals surface area contributed by atoms with Crippen LogP contribution in [-0.2, 0) is 6.18 Å². The highest BCUT2D eigenvalue weighted by Gasteiger charge is 2.29. The second-order valence-corrected chi connectivity index (χ2v) is 3.64. The van der Waals surface area contributed by atoms with Crippen molar-refractivity contribution in [2.45, 2.75) is 6.18 Å². The molecule has 84 valence electrons. The van der Waals surface area contributed by atoms with Crippen LogP contribution in [0.2, 0.25) is 0 Å². The van der Waals surface area contributed by atoms with Crippen LogP contribution < -0.4 is 4.74 Å². The van der Waals surface area contributed by atoms with E-state index in [1.54, 1.807) is 5.38 Å². The van der Waals surface area contributed by atoms with Crippen molar-refractivity contribution in [2.75, 3.05) is 0 Å². The lowest BCUT2D eigenvalue weighted by Crippen LogP contribution is -2.03. The lowest BCUT2D eigenvalue weighted by molar-refractivity contribution is -0.137. The van der Waals surface area contributed by atoms with Crippen molar-refractivity contribution >= 4 is 11.5 Å². The Morgan fingerprint density at radius 2 is 1.75 bits per heavy atom. The van der Waals surface area contributed by atoms with E-state index >= 15 is 0 Å². The summed E-state index contributed by atoms with van der Waals surface area (Å²) in [6.07, 6.45) is -2.81. The zero-order valence-corrected chi connectivity index (χ0v) is 8.68. The van der Waals surface area contributed by atoms with E-state index in [-0.39, 0.29) is 0 Å². The molecule has 6 heteroatoms. The summed E-state index contributed by atoms with van der Waals surface area (Å²) in [5.41, 5.74) is -0.691. The van der Waals surface area contributed by atoms with Gasteiger partial charge in [0.05, 0.1) is 17.1 Å². The SMILES string of the molecule is FC(F)(F)c1ccc(Oc2cnsc2)cc1. The van der Waals surface area contributed by atoms with E-state index in [9.17, 15) is 13.2 Å². The summed E-state index contributed by atoms with van der Waals surface area (Å²) >= 11 is 1.21.